The summed E-state index contributed by atoms with van der Waals surface area (Å²) >= 11 is 0. The normalized spacial score (nSPS) is 11.0. The number of aromatic amines is 1. The largest absolute Gasteiger partial charge is 0.480 e. The van der Waals surface area contributed by atoms with Crippen LogP contribution in [0.15, 0.2) is 48.5 Å². The predicted molar refractivity (Wildman–Crippen MR) is 131 cm³/mol. The lowest BCUT2D eigenvalue weighted by Crippen LogP contribution is -2.12. The lowest BCUT2D eigenvalue weighted by molar-refractivity contribution is -0.134. The molecule has 6 heteroatoms. The number of anilines is 1. The molecule has 0 fully saturated rings. The lowest BCUT2D eigenvalue weighted by atomic mass is 9.99. The summed E-state index contributed by atoms with van der Waals surface area (Å²) in [5, 5.41) is 11.8. The maximum atomic E-state index is 12.9. The van der Waals surface area contributed by atoms with Crippen molar-refractivity contribution in [2.24, 2.45) is 0 Å². The van der Waals surface area contributed by atoms with Gasteiger partial charge < -0.3 is 15.4 Å². The van der Waals surface area contributed by atoms with Crippen LogP contribution in [0.3, 0.4) is 0 Å². The first-order valence-electron chi connectivity index (χ1n) is 10.9. The van der Waals surface area contributed by atoms with Crippen LogP contribution in [0.2, 0.25) is 0 Å². The zero-order valence-electron chi connectivity index (χ0n) is 19.2. The number of nitrogens with zero attached hydrogens (tertiary/aromatic N) is 1. The van der Waals surface area contributed by atoms with Crippen molar-refractivity contribution in [2.45, 2.75) is 34.1 Å². The number of rotatable bonds is 7. The van der Waals surface area contributed by atoms with E-state index in [2.05, 4.69) is 36.3 Å². The van der Waals surface area contributed by atoms with Gasteiger partial charge in [-0.3, -0.25) is 9.59 Å². The second-order valence-electron chi connectivity index (χ2n) is 8.57. The summed E-state index contributed by atoms with van der Waals surface area (Å²) in [7, 11) is 0. The highest BCUT2D eigenvalue weighted by Crippen LogP contribution is 2.30. The third kappa shape index (κ3) is 4.80. The van der Waals surface area contributed by atoms with Gasteiger partial charge in [-0.15, -0.1) is 0 Å². The molecule has 0 bridgehead atoms. The van der Waals surface area contributed by atoms with E-state index in [-0.39, 0.29) is 12.3 Å². The van der Waals surface area contributed by atoms with E-state index in [4.69, 9.17) is 10.1 Å². The number of benzene rings is 3. The molecule has 6 nitrogen and oxygen atoms in total. The maximum absolute atomic E-state index is 12.9. The number of Topliss-reactive ketones (excluding diaryl/α,β-unsaturated/α-hetero) is 1. The van der Waals surface area contributed by atoms with E-state index in [0.717, 1.165) is 44.8 Å². The van der Waals surface area contributed by atoms with Crippen LogP contribution in [-0.4, -0.2) is 33.4 Å². The fourth-order valence-corrected chi connectivity index (χ4v) is 4.12. The number of hydrogen-bond acceptors (Lipinski definition) is 4. The molecule has 0 atom stereocenters. The number of imidazole rings is 1. The number of ketones is 1. The molecule has 0 aliphatic carbocycles. The van der Waals surface area contributed by atoms with Gasteiger partial charge in [-0.1, -0.05) is 18.2 Å². The molecule has 3 N–H and O–H groups in total. The van der Waals surface area contributed by atoms with Crippen LogP contribution in [0.1, 0.15) is 38.2 Å². The highest BCUT2D eigenvalue weighted by Gasteiger charge is 2.15. The summed E-state index contributed by atoms with van der Waals surface area (Å²) in [6, 6.07) is 15.5. The number of aryl methyl sites for hydroxylation is 4. The van der Waals surface area contributed by atoms with Crippen molar-refractivity contribution in [1.29, 1.82) is 0 Å². The smallest absolute Gasteiger partial charge is 0.322 e. The molecular formula is C27H27N3O3. The summed E-state index contributed by atoms with van der Waals surface area (Å²) in [6.07, 6.45) is 0.358. The van der Waals surface area contributed by atoms with Crippen molar-refractivity contribution in [2.75, 3.05) is 11.9 Å². The standard InChI is InChI=1S/C27H27N3O3/c1-15-5-6-19(9-16(15)2)12-24(31)20-7-8-22-23(13-20)30-27(29-22)26-17(3)10-21(11-18(26)4)28-14-25(32)33/h5-11,13,28H,12,14H2,1-4H3,(H,29,30)(H,32,33). The highest BCUT2D eigenvalue weighted by atomic mass is 16.4. The van der Waals surface area contributed by atoms with Gasteiger partial charge in [-0.2, -0.15) is 0 Å². The van der Waals surface area contributed by atoms with Gasteiger partial charge in [0.05, 0.1) is 11.0 Å². The van der Waals surface area contributed by atoms with Gasteiger partial charge in [0.2, 0.25) is 0 Å². The molecule has 0 unspecified atom stereocenters. The average molecular weight is 442 g/mol. The van der Waals surface area contributed by atoms with E-state index in [1.54, 1.807) is 0 Å². The van der Waals surface area contributed by atoms with Crippen LogP contribution in [0, 0.1) is 27.7 Å². The molecule has 3 aromatic carbocycles. The highest BCUT2D eigenvalue weighted by molar-refractivity contribution is 6.00. The number of carboxylic acid groups (broad SMARTS) is 1. The van der Waals surface area contributed by atoms with Gasteiger partial charge in [0, 0.05) is 23.2 Å². The Kier molecular flexibility index (Phi) is 6.01. The Balaban J connectivity index is 1.61. The lowest BCUT2D eigenvalue weighted by Gasteiger charge is -2.11. The van der Waals surface area contributed by atoms with E-state index in [1.807, 2.05) is 50.2 Å². The van der Waals surface area contributed by atoms with Crippen molar-refractivity contribution in [3.8, 4) is 11.4 Å². The molecule has 168 valence electrons. The number of carboxylic acids is 1. The Morgan fingerprint density at radius 2 is 1.64 bits per heavy atom. The summed E-state index contributed by atoms with van der Waals surface area (Å²) in [5.74, 6) is -0.115. The van der Waals surface area contributed by atoms with Gasteiger partial charge in [0.15, 0.2) is 5.78 Å². The number of fused-ring (bicyclic) bond motifs is 1. The minimum atomic E-state index is -0.908. The van der Waals surface area contributed by atoms with Crippen LogP contribution < -0.4 is 5.32 Å². The molecule has 0 spiro atoms. The molecule has 33 heavy (non-hydrogen) atoms. The van der Waals surface area contributed by atoms with Crippen molar-refractivity contribution >= 4 is 28.5 Å². The zero-order chi connectivity index (χ0) is 23.7. The molecule has 1 aromatic heterocycles. The molecule has 0 aliphatic heterocycles. The quantitative estimate of drug-likeness (QED) is 0.335. The van der Waals surface area contributed by atoms with Crippen LogP contribution in [-0.2, 0) is 11.2 Å². The summed E-state index contributed by atoms with van der Waals surface area (Å²) in [4.78, 5) is 31.8. The fourth-order valence-electron chi connectivity index (χ4n) is 4.12. The molecule has 4 rings (SSSR count). The second kappa shape index (κ2) is 8.90. The van der Waals surface area contributed by atoms with Crippen molar-refractivity contribution in [3.63, 3.8) is 0 Å². The van der Waals surface area contributed by atoms with Gasteiger partial charge in [0.25, 0.3) is 0 Å². The summed E-state index contributed by atoms with van der Waals surface area (Å²) < 4.78 is 0. The number of aliphatic carboxylic acids is 1. The average Bonchev–Trinajstić information content (AvgIpc) is 3.17. The van der Waals surface area contributed by atoms with E-state index < -0.39 is 5.97 Å². The molecule has 0 saturated carbocycles. The van der Waals surface area contributed by atoms with E-state index in [1.165, 1.54) is 11.1 Å². The first kappa shape index (κ1) is 22.3. The number of carbonyl (C=O) groups excluding carboxylic acids is 1. The second-order valence-corrected chi connectivity index (χ2v) is 8.57. The predicted octanol–water partition coefficient (Wildman–Crippen LogP) is 5.39. The summed E-state index contributed by atoms with van der Waals surface area (Å²) in [6.45, 7) is 7.93. The number of H-pyrrole nitrogens is 1. The molecule has 0 aliphatic rings. The number of nitrogens with one attached hydrogen (secondary N) is 2. The number of hydrogen-bond donors (Lipinski definition) is 3. The molecule has 1 heterocycles. The van der Waals surface area contributed by atoms with Crippen molar-refractivity contribution in [3.05, 3.63) is 81.9 Å². The Hall–Kier alpha value is -3.93. The molecule has 0 radical (unpaired) electrons. The van der Waals surface area contributed by atoms with Crippen LogP contribution in [0.4, 0.5) is 5.69 Å². The maximum Gasteiger partial charge on any atom is 0.322 e. The van der Waals surface area contributed by atoms with Crippen molar-refractivity contribution < 1.29 is 14.7 Å². The fraction of sp³-hybridized carbons (Fsp3) is 0.222. The monoisotopic (exact) mass is 441 g/mol. The first-order valence-corrected chi connectivity index (χ1v) is 10.9. The van der Waals surface area contributed by atoms with Gasteiger partial charge in [-0.25, -0.2) is 4.98 Å². The third-order valence-corrected chi connectivity index (χ3v) is 5.95. The number of carbonyl (C=O) groups is 2. The minimum absolute atomic E-state index is 0.0671. The van der Waals surface area contributed by atoms with Gasteiger partial charge >= 0.3 is 5.97 Å². The van der Waals surface area contributed by atoms with E-state index in [0.29, 0.717) is 12.0 Å². The zero-order valence-corrected chi connectivity index (χ0v) is 19.2. The minimum Gasteiger partial charge on any atom is -0.480 e. The first-order chi connectivity index (χ1) is 15.7. The molecule has 0 saturated heterocycles. The number of aromatic nitrogens is 2. The van der Waals surface area contributed by atoms with Crippen LogP contribution in [0.25, 0.3) is 22.4 Å². The summed E-state index contributed by atoms with van der Waals surface area (Å²) in [5.41, 5.74) is 9.34. The van der Waals surface area contributed by atoms with Crippen LogP contribution >= 0.6 is 0 Å². The van der Waals surface area contributed by atoms with Gasteiger partial charge in [0.1, 0.15) is 12.4 Å². The molecule has 0 amide bonds. The Morgan fingerprint density at radius 3 is 2.30 bits per heavy atom. The van der Waals surface area contributed by atoms with Gasteiger partial charge in [-0.05, 0) is 85.8 Å². The topological polar surface area (TPSA) is 95.1 Å². The Bertz CT molecular complexity index is 1360. The Morgan fingerprint density at radius 1 is 0.909 bits per heavy atom. The molecule has 4 aromatic rings. The Labute approximate surface area is 192 Å². The van der Waals surface area contributed by atoms with Crippen LogP contribution in [0.5, 0.6) is 0 Å². The molecular weight excluding hydrogens is 414 g/mol. The van der Waals surface area contributed by atoms with E-state index >= 15 is 0 Å². The third-order valence-electron chi connectivity index (χ3n) is 5.95. The van der Waals surface area contributed by atoms with E-state index in [9.17, 15) is 9.59 Å². The van der Waals surface area contributed by atoms with Crippen molar-refractivity contribution in [1.82, 2.24) is 9.97 Å². The SMILES string of the molecule is Cc1ccc(CC(=O)c2ccc3nc(-c4c(C)cc(NCC(=O)O)cc4C)[nH]c3c2)cc1C.